The third-order valence-corrected chi connectivity index (χ3v) is 5.09. The van der Waals surface area contributed by atoms with Gasteiger partial charge >= 0.3 is 0 Å². The molecule has 0 spiro atoms. The summed E-state index contributed by atoms with van der Waals surface area (Å²) < 4.78 is 1.04. The molecule has 0 aliphatic carbocycles. The minimum absolute atomic E-state index is 0.338. The molecule has 0 amide bonds. The summed E-state index contributed by atoms with van der Waals surface area (Å²) in [6.07, 6.45) is 1.09. The van der Waals surface area contributed by atoms with Gasteiger partial charge in [0.1, 0.15) is 5.51 Å². The Morgan fingerprint density at radius 1 is 1.33 bits per heavy atom. The van der Waals surface area contributed by atoms with Gasteiger partial charge in [-0.1, -0.05) is 60.4 Å². The molecule has 5 heteroatoms. The summed E-state index contributed by atoms with van der Waals surface area (Å²) in [6.45, 7) is 2.21. The van der Waals surface area contributed by atoms with Crippen LogP contribution in [-0.2, 0) is 0 Å². The van der Waals surface area contributed by atoms with Crippen molar-refractivity contribution in [2.75, 3.05) is 7.05 Å². The van der Waals surface area contributed by atoms with E-state index in [0.29, 0.717) is 11.3 Å². The number of thioether (sulfide) groups is 1. The van der Waals surface area contributed by atoms with Gasteiger partial charge in [0, 0.05) is 11.3 Å². The van der Waals surface area contributed by atoms with Gasteiger partial charge in [-0.15, -0.1) is 10.2 Å². The minimum atomic E-state index is 0.338. The van der Waals surface area contributed by atoms with Crippen molar-refractivity contribution in [1.82, 2.24) is 15.5 Å². The summed E-state index contributed by atoms with van der Waals surface area (Å²) in [5, 5.41) is 11.9. The van der Waals surface area contributed by atoms with E-state index in [-0.39, 0.29) is 0 Å². The van der Waals surface area contributed by atoms with Gasteiger partial charge in [0.2, 0.25) is 0 Å². The summed E-state index contributed by atoms with van der Waals surface area (Å²) in [5.74, 6) is 0. The van der Waals surface area contributed by atoms with Crippen LogP contribution >= 0.6 is 23.1 Å². The fourth-order valence-electron chi connectivity index (χ4n) is 1.96. The Labute approximate surface area is 116 Å². The van der Waals surface area contributed by atoms with Crippen molar-refractivity contribution in [2.45, 2.75) is 29.0 Å². The van der Waals surface area contributed by atoms with Crippen LogP contribution in [0.25, 0.3) is 0 Å². The lowest BCUT2D eigenvalue weighted by Crippen LogP contribution is -2.26. The zero-order valence-corrected chi connectivity index (χ0v) is 12.2. The van der Waals surface area contributed by atoms with Crippen LogP contribution in [0.3, 0.4) is 0 Å². The molecule has 3 nitrogen and oxygen atoms in total. The third kappa shape index (κ3) is 3.31. The molecule has 0 fully saturated rings. The summed E-state index contributed by atoms with van der Waals surface area (Å²) in [6, 6.07) is 10.9. The van der Waals surface area contributed by atoms with Crippen molar-refractivity contribution in [2.24, 2.45) is 0 Å². The Morgan fingerprint density at radius 2 is 2.11 bits per heavy atom. The first-order chi connectivity index (χ1) is 8.85. The van der Waals surface area contributed by atoms with Crippen molar-refractivity contribution in [3.05, 3.63) is 41.4 Å². The van der Waals surface area contributed by atoms with Crippen LogP contribution in [0.4, 0.5) is 0 Å². The van der Waals surface area contributed by atoms with Crippen molar-refractivity contribution < 1.29 is 0 Å². The van der Waals surface area contributed by atoms with Gasteiger partial charge in [0.05, 0.1) is 0 Å². The third-order valence-electron chi connectivity index (χ3n) is 2.84. The van der Waals surface area contributed by atoms with Gasteiger partial charge in [-0.05, 0) is 19.0 Å². The minimum Gasteiger partial charge on any atom is -0.312 e. The van der Waals surface area contributed by atoms with E-state index in [0.717, 1.165) is 10.8 Å². The molecule has 2 atom stereocenters. The normalized spacial score (nSPS) is 14.3. The number of aromatic nitrogens is 2. The first kappa shape index (κ1) is 13.5. The molecule has 0 aliphatic rings. The standard InChI is InChI=1S/C13H17N3S2/c1-3-11(18-13-16-15-9-17-13)12(14-2)10-7-5-4-6-8-10/h4-9,11-12,14H,3H2,1-2H3. The Bertz CT molecular complexity index is 445. The number of benzene rings is 1. The largest absolute Gasteiger partial charge is 0.312 e. The topological polar surface area (TPSA) is 37.8 Å². The van der Waals surface area contributed by atoms with E-state index in [9.17, 15) is 0 Å². The number of hydrogen-bond acceptors (Lipinski definition) is 5. The van der Waals surface area contributed by atoms with E-state index in [1.165, 1.54) is 5.56 Å². The average Bonchev–Trinajstić information content (AvgIpc) is 2.92. The molecule has 96 valence electrons. The van der Waals surface area contributed by atoms with E-state index in [1.54, 1.807) is 28.6 Å². The van der Waals surface area contributed by atoms with Crippen molar-refractivity contribution >= 4 is 23.1 Å². The molecular formula is C13H17N3S2. The van der Waals surface area contributed by atoms with E-state index >= 15 is 0 Å². The number of nitrogens with one attached hydrogen (secondary N) is 1. The van der Waals surface area contributed by atoms with Gasteiger partial charge in [0.15, 0.2) is 4.34 Å². The summed E-state index contributed by atoms with van der Waals surface area (Å²) in [4.78, 5) is 0. The SMILES string of the molecule is CCC(Sc1nncs1)C(NC)c1ccccc1. The molecule has 0 saturated heterocycles. The second-order valence-electron chi connectivity index (χ2n) is 3.95. The lowest BCUT2D eigenvalue weighted by atomic mass is 10.0. The van der Waals surface area contributed by atoms with Crippen molar-refractivity contribution in [3.8, 4) is 0 Å². The fraction of sp³-hybridized carbons (Fsp3) is 0.385. The van der Waals surface area contributed by atoms with E-state index in [4.69, 9.17) is 0 Å². The van der Waals surface area contributed by atoms with E-state index < -0.39 is 0 Å². The second-order valence-corrected chi connectivity index (χ2v) is 6.27. The zero-order chi connectivity index (χ0) is 12.8. The molecule has 1 aromatic heterocycles. The molecule has 2 rings (SSSR count). The molecule has 0 saturated carbocycles. The fourth-order valence-corrected chi connectivity index (χ4v) is 3.91. The first-order valence-electron chi connectivity index (χ1n) is 6.00. The van der Waals surface area contributed by atoms with E-state index in [1.807, 2.05) is 7.05 Å². The van der Waals surface area contributed by atoms with E-state index in [2.05, 4.69) is 52.8 Å². The smallest absolute Gasteiger partial charge is 0.174 e. The summed E-state index contributed by atoms with van der Waals surface area (Å²) in [5.41, 5.74) is 3.11. The maximum atomic E-state index is 4.12. The Morgan fingerprint density at radius 3 is 2.67 bits per heavy atom. The average molecular weight is 279 g/mol. The predicted octanol–water partition coefficient (Wildman–Crippen LogP) is 3.37. The van der Waals surface area contributed by atoms with Gasteiger partial charge < -0.3 is 5.32 Å². The predicted molar refractivity (Wildman–Crippen MR) is 78.1 cm³/mol. The van der Waals surface area contributed by atoms with Crippen LogP contribution in [0.15, 0.2) is 40.2 Å². The van der Waals surface area contributed by atoms with Crippen LogP contribution in [0.1, 0.15) is 24.9 Å². The van der Waals surface area contributed by atoms with Crippen LogP contribution in [-0.4, -0.2) is 22.5 Å². The van der Waals surface area contributed by atoms with Gasteiger partial charge in [0.25, 0.3) is 0 Å². The van der Waals surface area contributed by atoms with Gasteiger partial charge in [-0.25, -0.2) is 0 Å². The second kappa shape index (κ2) is 6.87. The van der Waals surface area contributed by atoms with Crippen molar-refractivity contribution in [1.29, 1.82) is 0 Å². The molecule has 0 aliphatic heterocycles. The molecular weight excluding hydrogens is 262 g/mol. The molecule has 1 aromatic carbocycles. The molecule has 2 unspecified atom stereocenters. The number of hydrogen-bond donors (Lipinski definition) is 1. The summed E-state index contributed by atoms with van der Waals surface area (Å²) >= 11 is 3.41. The Balaban J connectivity index is 2.14. The monoisotopic (exact) mass is 279 g/mol. The quantitative estimate of drug-likeness (QED) is 0.823. The van der Waals surface area contributed by atoms with Crippen LogP contribution in [0, 0.1) is 0 Å². The molecule has 0 bridgehead atoms. The highest BCUT2D eigenvalue weighted by Crippen LogP contribution is 2.34. The molecule has 18 heavy (non-hydrogen) atoms. The Hall–Kier alpha value is -0.910. The van der Waals surface area contributed by atoms with Crippen LogP contribution in [0.5, 0.6) is 0 Å². The van der Waals surface area contributed by atoms with Crippen molar-refractivity contribution in [3.63, 3.8) is 0 Å². The highest BCUT2D eigenvalue weighted by Gasteiger charge is 2.22. The van der Waals surface area contributed by atoms with Gasteiger partial charge in [-0.2, -0.15) is 0 Å². The number of rotatable bonds is 6. The highest BCUT2D eigenvalue weighted by molar-refractivity contribution is 8.01. The maximum Gasteiger partial charge on any atom is 0.174 e. The number of nitrogens with zero attached hydrogens (tertiary/aromatic N) is 2. The summed E-state index contributed by atoms with van der Waals surface area (Å²) in [7, 11) is 2.01. The zero-order valence-electron chi connectivity index (χ0n) is 10.5. The van der Waals surface area contributed by atoms with Crippen LogP contribution < -0.4 is 5.32 Å². The lowest BCUT2D eigenvalue weighted by Gasteiger charge is -2.25. The lowest BCUT2D eigenvalue weighted by molar-refractivity contribution is 0.555. The molecule has 0 radical (unpaired) electrons. The first-order valence-corrected chi connectivity index (χ1v) is 7.76. The van der Waals surface area contributed by atoms with Crippen LogP contribution in [0.2, 0.25) is 0 Å². The van der Waals surface area contributed by atoms with Gasteiger partial charge in [-0.3, -0.25) is 0 Å². The Kier molecular flexibility index (Phi) is 5.16. The highest BCUT2D eigenvalue weighted by atomic mass is 32.2. The molecule has 2 aromatic rings. The maximum absolute atomic E-state index is 4.12. The molecule has 1 heterocycles. The molecule has 1 N–H and O–H groups in total.